The quantitative estimate of drug-likeness (QED) is 0.762. The van der Waals surface area contributed by atoms with E-state index in [2.05, 4.69) is 13.0 Å². The fourth-order valence-corrected chi connectivity index (χ4v) is 3.44. The maximum atomic E-state index is 10.3. The summed E-state index contributed by atoms with van der Waals surface area (Å²) in [6, 6.07) is 3.37. The summed E-state index contributed by atoms with van der Waals surface area (Å²) >= 11 is 0. The lowest BCUT2D eigenvalue weighted by molar-refractivity contribution is 0.399. The molecule has 0 bridgehead atoms. The third-order valence-electron chi connectivity index (χ3n) is 4.66. The first-order chi connectivity index (χ1) is 9.15. The maximum absolute atomic E-state index is 10.3. The number of benzene rings is 1. The molecule has 0 saturated heterocycles. The molecule has 2 heteroatoms. The number of hydrogen-bond donors (Lipinski definition) is 2. The van der Waals surface area contributed by atoms with Gasteiger partial charge in [-0.3, -0.25) is 0 Å². The predicted octanol–water partition coefficient (Wildman–Crippen LogP) is 4.58. The third-order valence-corrected chi connectivity index (χ3v) is 4.66. The molecule has 1 aromatic rings. The molecule has 0 amide bonds. The first kappa shape index (κ1) is 12.6. The largest absolute Gasteiger partial charge is 0.508 e. The Morgan fingerprint density at radius 1 is 1.05 bits per heavy atom. The molecule has 0 aliphatic heterocycles. The summed E-state index contributed by atoms with van der Waals surface area (Å²) in [5.74, 6) is 1.33. The molecule has 2 aliphatic rings. The van der Waals surface area contributed by atoms with Crippen molar-refractivity contribution in [1.82, 2.24) is 0 Å². The van der Waals surface area contributed by atoms with E-state index < -0.39 is 0 Å². The highest BCUT2D eigenvalue weighted by Crippen LogP contribution is 2.46. The van der Waals surface area contributed by atoms with Gasteiger partial charge in [0.25, 0.3) is 0 Å². The van der Waals surface area contributed by atoms with Gasteiger partial charge in [-0.1, -0.05) is 18.1 Å². The van der Waals surface area contributed by atoms with E-state index in [4.69, 9.17) is 0 Å². The molecular weight excluding hydrogens is 236 g/mol. The van der Waals surface area contributed by atoms with Gasteiger partial charge in [-0.05, 0) is 56.6 Å². The molecule has 1 aromatic carbocycles. The van der Waals surface area contributed by atoms with Crippen LogP contribution in [0, 0.1) is 0 Å². The first-order valence-corrected chi connectivity index (χ1v) is 7.38. The molecule has 19 heavy (non-hydrogen) atoms. The van der Waals surface area contributed by atoms with Gasteiger partial charge >= 0.3 is 0 Å². The Bertz CT molecular complexity index is 512. The van der Waals surface area contributed by atoms with Gasteiger partial charge in [-0.15, -0.1) is 0 Å². The van der Waals surface area contributed by atoms with Crippen molar-refractivity contribution in [1.29, 1.82) is 0 Å². The van der Waals surface area contributed by atoms with Gasteiger partial charge in [0, 0.05) is 17.5 Å². The second kappa shape index (κ2) is 4.92. The lowest BCUT2D eigenvalue weighted by Gasteiger charge is -2.31. The Balaban J connectivity index is 2.05. The van der Waals surface area contributed by atoms with E-state index in [-0.39, 0.29) is 11.5 Å². The molecule has 102 valence electrons. The van der Waals surface area contributed by atoms with Crippen molar-refractivity contribution in [2.75, 3.05) is 0 Å². The molecule has 3 rings (SSSR count). The number of rotatable bonds is 2. The van der Waals surface area contributed by atoms with Crippen LogP contribution >= 0.6 is 0 Å². The Morgan fingerprint density at radius 2 is 1.84 bits per heavy atom. The average Bonchev–Trinajstić information content (AvgIpc) is 2.25. The van der Waals surface area contributed by atoms with Gasteiger partial charge in [0.1, 0.15) is 11.5 Å². The molecule has 1 atom stereocenters. The molecule has 1 fully saturated rings. The van der Waals surface area contributed by atoms with Crippen LogP contribution < -0.4 is 0 Å². The van der Waals surface area contributed by atoms with Crippen molar-refractivity contribution in [3.05, 3.63) is 34.9 Å². The van der Waals surface area contributed by atoms with Crippen LogP contribution in [0.2, 0.25) is 0 Å². The average molecular weight is 258 g/mol. The van der Waals surface area contributed by atoms with Gasteiger partial charge < -0.3 is 10.2 Å². The lowest BCUT2D eigenvalue weighted by Crippen LogP contribution is -2.14. The normalized spacial score (nSPS) is 23.8. The van der Waals surface area contributed by atoms with Crippen LogP contribution in [0.25, 0.3) is 0 Å². The first-order valence-electron chi connectivity index (χ1n) is 7.38. The van der Waals surface area contributed by atoms with Crippen molar-refractivity contribution in [3.63, 3.8) is 0 Å². The summed E-state index contributed by atoms with van der Waals surface area (Å²) in [5.41, 5.74) is 3.67. The van der Waals surface area contributed by atoms with Gasteiger partial charge in [-0.2, -0.15) is 0 Å². The standard InChI is InChI=1S/C17H22O2/c1-11-4-2-7-13(8-11)17-15(12-5-3-6-12)9-14(18)10-16(17)19/h8-10,12-13,18-19H,2-7H2,1H3. The fraction of sp³-hybridized carbons (Fsp3) is 0.529. The van der Waals surface area contributed by atoms with Crippen LogP contribution in [0.1, 0.15) is 68.4 Å². The van der Waals surface area contributed by atoms with E-state index in [0.717, 1.165) is 12.0 Å². The number of aromatic hydroxyl groups is 2. The minimum atomic E-state index is 0.194. The third kappa shape index (κ3) is 2.36. The molecular formula is C17H22O2. The summed E-state index contributed by atoms with van der Waals surface area (Å²) in [6.07, 6.45) is 9.41. The second-order valence-corrected chi connectivity index (χ2v) is 6.11. The number of phenolic OH excluding ortho intramolecular Hbond substituents is 2. The molecule has 0 radical (unpaired) electrons. The van der Waals surface area contributed by atoms with Crippen LogP contribution in [-0.4, -0.2) is 10.2 Å². The van der Waals surface area contributed by atoms with Crippen LogP contribution in [-0.2, 0) is 0 Å². The van der Waals surface area contributed by atoms with Crippen molar-refractivity contribution in [2.24, 2.45) is 0 Å². The highest BCUT2D eigenvalue weighted by Gasteiger charge is 2.28. The van der Waals surface area contributed by atoms with Gasteiger partial charge in [0.15, 0.2) is 0 Å². The van der Waals surface area contributed by atoms with E-state index in [1.54, 1.807) is 0 Å². The minimum Gasteiger partial charge on any atom is -0.508 e. The van der Waals surface area contributed by atoms with Crippen molar-refractivity contribution in [3.8, 4) is 11.5 Å². The van der Waals surface area contributed by atoms with Gasteiger partial charge in [0.05, 0.1) is 0 Å². The maximum Gasteiger partial charge on any atom is 0.123 e. The molecule has 0 heterocycles. The molecule has 2 N–H and O–H groups in total. The zero-order chi connectivity index (χ0) is 13.4. The highest BCUT2D eigenvalue weighted by molar-refractivity contribution is 5.51. The molecule has 0 spiro atoms. The molecule has 0 aromatic heterocycles. The molecule has 2 nitrogen and oxygen atoms in total. The van der Waals surface area contributed by atoms with E-state index >= 15 is 0 Å². The van der Waals surface area contributed by atoms with Crippen LogP contribution in [0.5, 0.6) is 11.5 Å². The molecule has 1 unspecified atom stereocenters. The van der Waals surface area contributed by atoms with Crippen LogP contribution in [0.4, 0.5) is 0 Å². The van der Waals surface area contributed by atoms with E-state index in [0.29, 0.717) is 11.8 Å². The topological polar surface area (TPSA) is 40.5 Å². The van der Waals surface area contributed by atoms with E-state index in [9.17, 15) is 10.2 Å². The summed E-state index contributed by atoms with van der Waals surface area (Å²) in [7, 11) is 0. The summed E-state index contributed by atoms with van der Waals surface area (Å²) in [6.45, 7) is 2.17. The fourth-order valence-electron chi connectivity index (χ4n) is 3.44. The summed E-state index contributed by atoms with van der Waals surface area (Å²) < 4.78 is 0. The van der Waals surface area contributed by atoms with E-state index in [1.165, 1.54) is 49.3 Å². The SMILES string of the molecule is CC1=CC(c2c(O)cc(O)cc2C2CCC2)CCC1. The zero-order valence-corrected chi connectivity index (χ0v) is 11.5. The molecule has 1 saturated carbocycles. The smallest absolute Gasteiger partial charge is 0.123 e. The monoisotopic (exact) mass is 258 g/mol. The lowest BCUT2D eigenvalue weighted by atomic mass is 9.74. The predicted molar refractivity (Wildman–Crippen MR) is 76.7 cm³/mol. The van der Waals surface area contributed by atoms with Crippen LogP contribution in [0.3, 0.4) is 0 Å². The Hall–Kier alpha value is -1.44. The summed E-state index contributed by atoms with van der Waals surface area (Å²) in [4.78, 5) is 0. The minimum absolute atomic E-state index is 0.194. The Kier molecular flexibility index (Phi) is 3.26. The highest BCUT2D eigenvalue weighted by atomic mass is 16.3. The molecule has 2 aliphatic carbocycles. The number of hydrogen-bond acceptors (Lipinski definition) is 2. The van der Waals surface area contributed by atoms with E-state index in [1.807, 2.05) is 6.07 Å². The van der Waals surface area contributed by atoms with Crippen molar-refractivity contribution in [2.45, 2.75) is 57.3 Å². The van der Waals surface area contributed by atoms with Crippen molar-refractivity contribution < 1.29 is 10.2 Å². The van der Waals surface area contributed by atoms with Gasteiger partial charge in [-0.25, -0.2) is 0 Å². The van der Waals surface area contributed by atoms with Gasteiger partial charge in [0.2, 0.25) is 0 Å². The number of allylic oxidation sites excluding steroid dienone is 2. The Morgan fingerprint density at radius 3 is 2.47 bits per heavy atom. The van der Waals surface area contributed by atoms with Crippen LogP contribution in [0.15, 0.2) is 23.8 Å². The zero-order valence-electron chi connectivity index (χ0n) is 11.5. The second-order valence-electron chi connectivity index (χ2n) is 6.11. The summed E-state index contributed by atoms with van der Waals surface area (Å²) in [5, 5.41) is 20.1. The Labute approximate surface area is 114 Å². The number of phenols is 2. The van der Waals surface area contributed by atoms with Crippen molar-refractivity contribution >= 4 is 0 Å².